The van der Waals surface area contributed by atoms with Gasteiger partial charge in [-0.1, -0.05) is 17.3 Å². The van der Waals surface area contributed by atoms with E-state index in [9.17, 15) is 14.0 Å². The molecule has 1 aromatic heterocycles. The number of aromatic amines is 1. The maximum absolute atomic E-state index is 13.2. The fourth-order valence-corrected chi connectivity index (χ4v) is 2.92. The van der Waals surface area contributed by atoms with Crippen LogP contribution in [0.4, 0.5) is 16.2 Å². The molecule has 0 aliphatic carbocycles. The number of nitrogens with one attached hydrogen (secondary N) is 2. The lowest BCUT2D eigenvalue weighted by Crippen LogP contribution is -2.42. The van der Waals surface area contributed by atoms with E-state index in [0.717, 1.165) is 0 Å². The molecule has 0 spiro atoms. The number of anilines is 2. The van der Waals surface area contributed by atoms with Crippen molar-refractivity contribution in [2.75, 3.05) is 11.1 Å². The highest BCUT2D eigenvalue weighted by Crippen LogP contribution is 2.38. The number of halogens is 1. The Morgan fingerprint density at radius 3 is 2.62 bits per heavy atom. The van der Waals surface area contributed by atoms with Crippen LogP contribution in [0.25, 0.3) is 0 Å². The fourth-order valence-electron chi connectivity index (χ4n) is 2.92. The molecule has 8 nitrogen and oxygen atoms in total. The number of H-pyrrole nitrogens is 1. The van der Waals surface area contributed by atoms with Gasteiger partial charge in [-0.3, -0.25) is 14.6 Å². The number of carbonyl (C=O) groups excluding carboxylic acids is 1. The Labute approximate surface area is 135 Å². The molecule has 5 N–H and O–H groups in total. The number of amides is 1. The SMILES string of the molecule is C/C(=N/O)[C@@H]1C(=O)Nc2nc(N)[nH]c(=O)c2[C@H]1c1ccc(F)cc1. The van der Waals surface area contributed by atoms with Crippen LogP contribution in [-0.4, -0.2) is 26.8 Å². The lowest BCUT2D eigenvalue weighted by atomic mass is 9.76. The zero-order valence-corrected chi connectivity index (χ0v) is 12.6. The Bertz CT molecular complexity index is 891. The summed E-state index contributed by atoms with van der Waals surface area (Å²) >= 11 is 0. The van der Waals surface area contributed by atoms with Gasteiger partial charge in [0.15, 0.2) is 0 Å². The second-order valence-corrected chi connectivity index (χ2v) is 5.45. The van der Waals surface area contributed by atoms with E-state index in [-0.39, 0.29) is 23.0 Å². The molecule has 0 bridgehead atoms. The van der Waals surface area contributed by atoms with Crippen molar-refractivity contribution in [2.24, 2.45) is 11.1 Å². The van der Waals surface area contributed by atoms with Gasteiger partial charge in [0, 0.05) is 5.92 Å². The molecular weight excluding hydrogens is 317 g/mol. The highest BCUT2D eigenvalue weighted by atomic mass is 19.1. The van der Waals surface area contributed by atoms with Gasteiger partial charge in [0.2, 0.25) is 11.9 Å². The first-order chi connectivity index (χ1) is 11.4. The van der Waals surface area contributed by atoms with Gasteiger partial charge < -0.3 is 16.3 Å². The van der Waals surface area contributed by atoms with Crippen LogP contribution >= 0.6 is 0 Å². The van der Waals surface area contributed by atoms with Gasteiger partial charge in [0.25, 0.3) is 5.56 Å². The van der Waals surface area contributed by atoms with E-state index in [1.807, 2.05) is 0 Å². The van der Waals surface area contributed by atoms with Crippen LogP contribution in [0.15, 0.2) is 34.2 Å². The lowest BCUT2D eigenvalue weighted by Gasteiger charge is -2.31. The molecule has 2 heterocycles. The summed E-state index contributed by atoms with van der Waals surface area (Å²) in [5, 5.41) is 14.7. The molecule has 1 amide bonds. The molecule has 1 aliphatic rings. The Morgan fingerprint density at radius 1 is 1.33 bits per heavy atom. The molecule has 24 heavy (non-hydrogen) atoms. The zero-order valence-electron chi connectivity index (χ0n) is 12.6. The van der Waals surface area contributed by atoms with Crippen molar-refractivity contribution < 1.29 is 14.4 Å². The summed E-state index contributed by atoms with van der Waals surface area (Å²) in [6, 6.07) is 5.39. The standard InChI is InChI=1S/C15H14FN5O3/c1-6(21-24)9-10(7-2-4-8(16)5-3-7)11-12(18-13(9)22)19-15(17)20-14(11)23/h2-5,9-10,24H,1H3,(H4,17,18,19,20,22,23)/b21-6-/t9-,10-/m0/s1. The van der Waals surface area contributed by atoms with E-state index in [2.05, 4.69) is 20.4 Å². The van der Waals surface area contributed by atoms with E-state index < -0.39 is 29.1 Å². The number of nitrogens with two attached hydrogens (primary N) is 1. The summed E-state index contributed by atoms with van der Waals surface area (Å²) < 4.78 is 13.2. The predicted octanol–water partition coefficient (Wildman–Crippen LogP) is 1.04. The summed E-state index contributed by atoms with van der Waals surface area (Å²) in [7, 11) is 0. The number of benzene rings is 1. The molecule has 0 fully saturated rings. The summed E-state index contributed by atoms with van der Waals surface area (Å²) in [6.45, 7) is 1.46. The molecule has 2 aromatic rings. The number of hydrogen-bond donors (Lipinski definition) is 4. The smallest absolute Gasteiger partial charge is 0.258 e. The van der Waals surface area contributed by atoms with Crippen molar-refractivity contribution in [3.05, 3.63) is 51.6 Å². The summed E-state index contributed by atoms with van der Waals surface area (Å²) in [4.78, 5) is 31.2. The van der Waals surface area contributed by atoms with Gasteiger partial charge in [-0.05, 0) is 24.6 Å². The first-order valence-corrected chi connectivity index (χ1v) is 7.07. The molecule has 1 aromatic carbocycles. The van der Waals surface area contributed by atoms with Crippen LogP contribution in [-0.2, 0) is 4.79 Å². The highest BCUT2D eigenvalue weighted by Gasteiger charge is 2.41. The number of carbonyl (C=O) groups is 1. The molecule has 3 rings (SSSR count). The molecule has 9 heteroatoms. The largest absolute Gasteiger partial charge is 0.411 e. The number of oxime groups is 1. The number of fused-ring (bicyclic) bond motifs is 1. The maximum atomic E-state index is 13.2. The molecular formula is C15H14FN5O3. The van der Waals surface area contributed by atoms with Crippen molar-refractivity contribution >= 4 is 23.4 Å². The Balaban J connectivity index is 2.28. The summed E-state index contributed by atoms with van der Waals surface area (Å²) in [6.07, 6.45) is 0. The van der Waals surface area contributed by atoms with Crippen LogP contribution in [0.5, 0.6) is 0 Å². The Morgan fingerprint density at radius 2 is 2.00 bits per heavy atom. The number of nitrogen functional groups attached to an aromatic ring is 1. The lowest BCUT2D eigenvalue weighted by molar-refractivity contribution is -0.118. The fraction of sp³-hybridized carbons (Fsp3) is 0.200. The minimum Gasteiger partial charge on any atom is -0.411 e. The average molecular weight is 331 g/mol. The van der Waals surface area contributed by atoms with Crippen LogP contribution in [0.3, 0.4) is 0 Å². The first-order valence-electron chi connectivity index (χ1n) is 7.07. The average Bonchev–Trinajstić information content (AvgIpc) is 2.53. The van der Waals surface area contributed by atoms with Gasteiger partial charge in [-0.25, -0.2) is 4.39 Å². The highest BCUT2D eigenvalue weighted by molar-refractivity contribution is 6.11. The van der Waals surface area contributed by atoms with Crippen LogP contribution in [0, 0.1) is 11.7 Å². The maximum Gasteiger partial charge on any atom is 0.258 e. The molecule has 0 saturated carbocycles. The molecule has 0 unspecified atom stereocenters. The quantitative estimate of drug-likeness (QED) is 0.371. The number of aromatic nitrogens is 2. The topological polar surface area (TPSA) is 133 Å². The summed E-state index contributed by atoms with van der Waals surface area (Å²) in [5.41, 5.74) is 5.79. The van der Waals surface area contributed by atoms with Gasteiger partial charge in [0.1, 0.15) is 11.6 Å². The second kappa shape index (κ2) is 5.76. The van der Waals surface area contributed by atoms with Gasteiger partial charge in [-0.15, -0.1) is 0 Å². The van der Waals surface area contributed by atoms with Gasteiger partial charge in [-0.2, -0.15) is 4.98 Å². The number of hydrogen-bond acceptors (Lipinski definition) is 6. The van der Waals surface area contributed by atoms with Crippen molar-refractivity contribution in [2.45, 2.75) is 12.8 Å². The summed E-state index contributed by atoms with van der Waals surface area (Å²) in [5.74, 6) is -2.78. The minimum atomic E-state index is -0.945. The van der Waals surface area contributed by atoms with Crippen LogP contribution < -0.4 is 16.6 Å². The molecule has 1 aliphatic heterocycles. The Hall–Kier alpha value is -3.23. The van der Waals surface area contributed by atoms with Gasteiger partial charge in [0.05, 0.1) is 17.2 Å². The van der Waals surface area contributed by atoms with Crippen molar-refractivity contribution in [3.63, 3.8) is 0 Å². The van der Waals surface area contributed by atoms with Crippen LogP contribution in [0.1, 0.15) is 24.0 Å². The van der Waals surface area contributed by atoms with E-state index in [4.69, 9.17) is 10.9 Å². The monoisotopic (exact) mass is 331 g/mol. The third-order valence-electron chi connectivity index (χ3n) is 3.98. The second-order valence-electron chi connectivity index (χ2n) is 5.45. The zero-order chi connectivity index (χ0) is 17.4. The molecule has 2 atom stereocenters. The first kappa shape index (κ1) is 15.7. The van der Waals surface area contributed by atoms with Gasteiger partial charge >= 0.3 is 0 Å². The predicted molar refractivity (Wildman–Crippen MR) is 84.5 cm³/mol. The third-order valence-corrected chi connectivity index (χ3v) is 3.98. The number of nitrogens with zero attached hydrogens (tertiary/aromatic N) is 2. The van der Waals surface area contributed by atoms with Crippen molar-refractivity contribution in [1.29, 1.82) is 0 Å². The Kier molecular flexibility index (Phi) is 3.76. The van der Waals surface area contributed by atoms with E-state index in [1.54, 1.807) is 0 Å². The number of rotatable bonds is 2. The van der Waals surface area contributed by atoms with Crippen molar-refractivity contribution in [1.82, 2.24) is 9.97 Å². The van der Waals surface area contributed by atoms with E-state index in [0.29, 0.717) is 5.56 Å². The molecule has 124 valence electrons. The van der Waals surface area contributed by atoms with E-state index in [1.165, 1.54) is 31.2 Å². The minimum absolute atomic E-state index is 0.0394. The van der Waals surface area contributed by atoms with Crippen LogP contribution in [0.2, 0.25) is 0 Å². The van der Waals surface area contributed by atoms with E-state index >= 15 is 0 Å². The molecule has 0 saturated heterocycles. The third kappa shape index (κ3) is 2.49. The van der Waals surface area contributed by atoms with Crippen molar-refractivity contribution in [3.8, 4) is 0 Å². The normalized spacial score (nSPS) is 20.4. The molecule has 0 radical (unpaired) electrons.